The summed E-state index contributed by atoms with van der Waals surface area (Å²) < 4.78 is 0. The first-order chi connectivity index (χ1) is 9.31. The van der Waals surface area contributed by atoms with Gasteiger partial charge < -0.3 is 10.0 Å². The molecule has 1 aromatic heterocycles. The Labute approximate surface area is 112 Å². The van der Waals surface area contributed by atoms with Crippen LogP contribution >= 0.6 is 0 Å². The van der Waals surface area contributed by atoms with E-state index < -0.39 is 0 Å². The molecule has 0 saturated heterocycles. The second-order valence-corrected chi connectivity index (χ2v) is 4.14. The van der Waals surface area contributed by atoms with Crippen molar-refractivity contribution in [1.82, 2.24) is 9.88 Å². The van der Waals surface area contributed by atoms with Crippen LogP contribution in [0.3, 0.4) is 0 Å². The van der Waals surface area contributed by atoms with Crippen LogP contribution in [0.1, 0.15) is 16.1 Å². The molecule has 0 aliphatic carbocycles. The SMILES string of the molecule is O=C(c1ccccc1)N(CCO)Cc1ccccn1. The molecule has 1 heterocycles. The highest BCUT2D eigenvalue weighted by molar-refractivity contribution is 5.94. The van der Waals surface area contributed by atoms with Gasteiger partial charge in [0.25, 0.3) is 5.91 Å². The maximum atomic E-state index is 12.3. The van der Waals surface area contributed by atoms with Crippen LogP contribution in [0, 0.1) is 0 Å². The fraction of sp³-hybridized carbons (Fsp3) is 0.200. The fourth-order valence-corrected chi connectivity index (χ4v) is 1.82. The molecule has 1 aromatic carbocycles. The summed E-state index contributed by atoms with van der Waals surface area (Å²) in [4.78, 5) is 18.1. The molecule has 2 aromatic rings. The van der Waals surface area contributed by atoms with Crippen molar-refractivity contribution in [3.63, 3.8) is 0 Å². The number of pyridine rings is 1. The number of carbonyl (C=O) groups excluding carboxylic acids is 1. The minimum Gasteiger partial charge on any atom is -0.395 e. The topological polar surface area (TPSA) is 53.4 Å². The molecular formula is C15H16N2O2. The normalized spacial score (nSPS) is 10.2. The largest absolute Gasteiger partial charge is 0.395 e. The number of nitrogens with zero attached hydrogens (tertiary/aromatic N) is 2. The van der Waals surface area contributed by atoms with Crippen LogP contribution in [0.5, 0.6) is 0 Å². The van der Waals surface area contributed by atoms with Crippen LogP contribution in [0.15, 0.2) is 54.7 Å². The molecule has 19 heavy (non-hydrogen) atoms. The molecule has 1 amide bonds. The molecule has 0 saturated carbocycles. The van der Waals surface area contributed by atoms with E-state index in [0.717, 1.165) is 5.69 Å². The number of carbonyl (C=O) groups is 1. The molecule has 0 unspecified atom stereocenters. The minimum atomic E-state index is -0.0969. The summed E-state index contributed by atoms with van der Waals surface area (Å²) in [5.74, 6) is -0.0969. The van der Waals surface area contributed by atoms with Crippen molar-refractivity contribution in [2.45, 2.75) is 6.54 Å². The molecule has 0 aliphatic rings. The summed E-state index contributed by atoms with van der Waals surface area (Å²) in [5.41, 5.74) is 1.42. The van der Waals surface area contributed by atoms with E-state index in [1.54, 1.807) is 23.2 Å². The van der Waals surface area contributed by atoms with Crippen LogP contribution in [-0.2, 0) is 6.54 Å². The van der Waals surface area contributed by atoms with Crippen molar-refractivity contribution in [2.75, 3.05) is 13.2 Å². The molecule has 0 atom stereocenters. The number of rotatable bonds is 5. The Morgan fingerprint density at radius 1 is 1.11 bits per heavy atom. The predicted octanol–water partition coefficient (Wildman–Crippen LogP) is 1.72. The number of amides is 1. The molecule has 0 aliphatic heterocycles. The average Bonchev–Trinajstić information content (AvgIpc) is 2.48. The molecule has 0 spiro atoms. The lowest BCUT2D eigenvalue weighted by atomic mass is 10.2. The Kier molecular flexibility index (Phi) is 4.64. The van der Waals surface area contributed by atoms with Crippen molar-refractivity contribution in [2.24, 2.45) is 0 Å². The van der Waals surface area contributed by atoms with Crippen molar-refractivity contribution in [3.05, 3.63) is 66.0 Å². The highest BCUT2D eigenvalue weighted by Gasteiger charge is 2.15. The highest BCUT2D eigenvalue weighted by Crippen LogP contribution is 2.08. The zero-order valence-corrected chi connectivity index (χ0v) is 10.6. The Morgan fingerprint density at radius 3 is 2.47 bits per heavy atom. The first kappa shape index (κ1) is 13.2. The van der Waals surface area contributed by atoms with Crippen LogP contribution < -0.4 is 0 Å². The van der Waals surface area contributed by atoms with Gasteiger partial charge in [0.05, 0.1) is 18.8 Å². The van der Waals surface area contributed by atoms with E-state index in [0.29, 0.717) is 18.7 Å². The van der Waals surface area contributed by atoms with Gasteiger partial charge in [0, 0.05) is 18.3 Å². The summed E-state index contributed by atoms with van der Waals surface area (Å²) in [6, 6.07) is 14.6. The summed E-state index contributed by atoms with van der Waals surface area (Å²) in [6.45, 7) is 0.630. The van der Waals surface area contributed by atoms with Crippen molar-refractivity contribution in [3.8, 4) is 0 Å². The van der Waals surface area contributed by atoms with Gasteiger partial charge >= 0.3 is 0 Å². The molecule has 0 bridgehead atoms. The molecule has 4 nitrogen and oxygen atoms in total. The number of aromatic nitrogens is 1. The molecule has 1 N–H and O–H groups in total. The van der Waals surface area contributed by atoms with Gasteiger partial charge in [-0.2, -0.15) is 0 Å². The molecule has 98 valence electrons. The van der Waals surface area contributed by atoms with Gasteiger partial charge in [0.15, 0.2) is 0 Å². The van der Waals surface area contributed by atoms with Gasteiger partial charge in [-0.25, -0.2) is 0 Å². The zero-order valence-electron chi connectivity index (χ0n) is 10.6. The lowest BCUT2D eigenvalue weighted by Crippen LogP contribution is -2.33. The van der Waals surface area contributed by atoms with Crippen LogP contribution in [0.2, 0.25) is 0 Å². The fourth-order valence-electron chi connectivity index (χ4n) is 1.82. The summed E-state index contributed by atoms with van der Waals surface area (Å²) in [5, 5.41) is 9.10. The van der Waals surface area contributed by atoms with E-state index >= 15 is 0 Å². The number of hydrogen-bond acceptors (Lipinski definition) is 3. The van der Waals surface area contributed by atoms with Crippen molar-refractivity contribution in [1.29, 1.82) is 0 Å². The van der Waals surface area contributed by atoms with E-state index in [1.165, 1.54) is 0 Å². The van der Waals surface area contributed by atoms with Crippen LogP contribution in [0.4, 0.5) is 0 Å². The Balaban J connectivity index is 2.14. The van der Waals surface area contributed by atoms with E-state index in [9.17, 15) is 4.79 Å². The summed E-state index contributed by atoms with van der Waals surface area (Å²) >= 11 is 0. The van der Waals surface area contributed by atoms with E-state index in [1.807, 2.05) is 36.4 Å². The number of hydrogen-bond donors (Lipinski definition) is 1. The molecule has 4 heteroatoms. The van der Waals surface area contributed by atoms with E-state index in [2.05, 4.69) is 4.98 Å². The zero-order chi connectivity index (χ0) is 13.5. The van der Waals surface area contributed by atoms with Gasteiger partial charge in [0.1, 0.15) is 0 Å². The van der Waals surface area contributed by atoms with Gasteiger partial charge in [-0.3, -0.25) is 9.78 Å². The maximum absolute atomic E-state index is 12.3. The monoisotopic (exact) mass is 256 g/mol. The third-order valence-corrected chi connectivity index (χ3v) is 2.76. The quantitative estimate of drug-likeness (QED) is 0.886. The smallest absolute Gasteiger partial charge is 0.254 e. The summed E-state index contributed by atoms with van der Waals surface area (Å²) in [7, 11) is 0. The Bertz CT molecular complexity index is 514. The third-order valence-electron chi connectivity index (χ3n) is 2.76. The molecule has 0 fully saturated rings. The maximum Gasteiger partial charge on any atom is 0.254 e. The van der Waals surface area contributed by atoms with E-state index in [4.69, 9.17) is 5.11 Å². The van der Waals surface area contributed by atoms with E-state index in [-0.39, 0.29) is 12.5 Å². The van der Waals surface area contributed by atoms with Crippen molar-refractivity contribution >= 4 is 5.91 Å². The van der Waals surface area contributed by atoms with Gasteiger partial charge in [-0.15, -0.1) is 0 Å². The van der Waals surface area contributed by atoms with Crippen LogP contribution in [0.25, 0.3) is 0 Å². The highest BCUT2D eigenvalue weighted by atomic mass is 16.3. The lowest BCUT2D eigenvalue weighted by molar-refractivity contribution is 0.0705. The first-order valence-corrected chi connectivity index (χ1v) is 6.16. The second-order valence-electron chi connectivity index (χ2n) is 4.14. The Morgan fingerprint density at radius 2 is 1.84 bits per heavy atom. The minimum absolute atomic E-state index is 0.0641. The van der Waals surface area contributed by atoms with Gasteiger partial charge in [-0.1, -0.05) is 24.3 Å². The molecule has 0 radical (unpaired) electrons. The lowest BCUT2D eigenvalue weighted by Gasteiger charge is -2.21. The van der Waals surface area contributed by atoms with Crippen molar-refractivity contribution < 1.29 is 9.90 Å². The standard InChI is InChI=1S/C15H16N2O2/c18-11-10-17(12-14-8-4-5-9-16-14)15(19)13-6-2-1-3-7-13/h1-9,18H,10-12H2. The van der Waals surface area contributed by atoms with Gasteiger partial charge in [0.2, 0.25) is 0 Å². The first-order valence-electron chi connectivity index (χ1n) is 6.16. The number of aliphatic hydroxyl groups excluding tert-OH is 1. The molecular weight excluding hydrogens is 240 g/mol. The van der Waals surface area contributed by atoms with Crippen LogP contribution in [-0.4, -0.2) is 34.0 Å². The number of benzene rings is 1. The third kappa shape index (κ3) is 3.63. The van der Waals surface area contributed by atoms with Gasteiger partial charge in [-0.05, 0) is 24.3 Å². The second kappa shape index (κ2) is 6.66. The predicted molar refractivity (Wildman–Crippen MR) is 72.5 cm³/mol. The average molecular weight is 256 g/mol. The molecule has 2 rings (SSSR count). The summed E-state index contributed by atoms with van der Waals surface area (Å²) in [6.07, 6.45) is 1.69. The Hall–Kier alpha value is -2.20. The number of aliphatic hydroxyl groups is 1.